The molecule has 1 N–H and O–H groups in total. The zero-order chi connectivity index (χ0) is 16.2. The van der Waals surface area contributed by atoms with Gasteiger partial charge in [0, 0.05) is 6.61 Å². The maximum Gasteiger partial charge on any atom is 0.227 e. The molecular formula is C18H21NO3. The highest BCUT2D eigenvalue weighted by Crippen LogP contribution is 2.30. The van der Waals surface area contributed by atoms with Crippen LogP contribution in [-0.2, 0) is 20.7 Å². The first-order chi connectivity index (χ1) is 10.5. The van der Waals surface area contributed by atoms with Gasteiger partial charge >= 0.3 is 0 Å². The van der Waals surface area contributed by atoms with Crippen molar-refractivity contribution in [3.05, 3.63) is 59.2 Å². The highest BCUT2D eigenvalue weighted by Gasteiger charge is 2.39. The van der Waals surface area contributed by atoms with Gasteiger partial charge in [0.15, 0.2) is 11.5 Å². The van der Waals surface area contributed by atoms with Crippen molar-refractivity contribution in [2.45, 2.75) is 32.9 Å². The summed E-state index contributed by atoms with van der Waals surface area (Å²) in [7, 11) is 0. The van der Waals surface area contributed by atoms with E-state index in [1.807, 2.05) is 37.3 Å². The summed E-state index contributed by atoms with van der Waals surface area (Å²) >= 11 is 0. The Morgan fingerprint density at radius 1 is 1.14 bits per heavy atom. The number of hydrogen-bond acceptors (Lipinski definition) is 3. The molecule has 0 atom stereocenters. The molecule has 1 amide bonds. The lowest BCUT2D eigenvalue weighted by Gasteiger charge is -2.38. The Morgan fingerprint density at radius 2 is 1.73 bits per heavy atom. The van der Waals surface area contributed by atoms with E-state index in [0.717, 1.165) is 5.56 Å². The van der Waals surface area contributed by atoms with Gasteiger partial charge in [0.2, 0.25) is 5.91 Å². The van der Waals surface area contributed by atoms with Crippen LogP contribution in [0.1, 0.15) is 26.3 Å². The average molecular weight is 299 g/mol. The fraction of sp³-hybridized carbons (Fsp3) is 0.333. The summed E-state index contributed by atoms with van der Waals surface area (Å²) in [5.74, 6) is -0.225. The molecule has 0 heterocycles. The predicted octanol–water partition coefficient (Wildman–Crippen LogP) is 2.55. The normalized spacial score (nSPS) is 16.8. The Hall–Kier alpha value is -2.20. The van der Waals surface area contributed by atoms with Crippen LogP contribution >= 0.6 is 0 Å². The minimum Gasteiger partial charge on any atom is -0.348 e. The van der Waals surface area contributed by atoms with Crippen LogP contribution in [-0.4, -0.2) is 24.0 Å². The molecule has 0 saturated heterocycles. The Morgan fingerprint density at radius 3 is 2.27 bits per heavy atom. The molecule has 0 bridgehead atoms. The fourth-order valence-electron chi connectivity index (χ4n) is 2.68. The van der Waals surface area contributed by atoms with E-state index in [-0.39, 0.29) is 18.1 Å². The standard InChI is InChI=1S/C18H21NO3/c1-4-22-18(13(2)10-16(20)11-14(18)3)19-17(21)12-15-8-6-5-7-9-15/h5-11H,4,12H2,1-3H3,(H,19,21). The zero-order valence-corrected chi connectivity index (χ0v) is 13.2. The summed E-state index contributed by atoms with van der Waals surface area (Å²) in [5.41, 5.74) is 1.30. The third-order valence-electron chi connectivity index (χ3n) is 3.71. The molecular weight excluding hydrogens is 278 g/mol. The largest absolute Gasteiger partial charge is 0.348 e. The number of hydrogen-bond donors (Lipinski definition) is 1. The molecule has 4 heteroatoms. The van der Waals surface area contributed by atoms with Crippen molar-refractivity contribution >= 4 is 11.7 Å². The van der Waals surface area contributed by atoms with Crippen LogP contribution in [0.4, 0.5) is 0 Å². The number of ether oxygens (including phenoxy) is 1. The summed E-state index contributed by atoms with van der Waals surface area (Å²) in [4.78, 5) is 24.0. The van der Waals surface area contributed by atoms with Crippen LogP contribution in [0.15, 0.2) is 53.6 Å². The summed E-state index contributed by atoms with van der Waals surface area (Å²) in [6.45, 7) is 5.89. The summed E-state index contributed by atoms with van der Waals surface area (Å²) < 4.78 is 5.83. The van der Waals surface area contributed by atoms with E-state index < -0.39 is 5.72 Å². The maximum atomic E-state index is 12.4. The quantitative estimate of drug-likeness (QED) is 0.850. The first-order valence-electron chi connectivity index (χ1n) is 7.38. The lowest BCUT2D eigenvalue weighted by atomic mass is 9.89. The summed E-state index contributed by atoms with van der Waals surface area (Å²) in [6.07, 6.45) is 3.28. The number of carbonyl (C=O) groups is 2. The topological polar surface area (TPSA) is 55.4 Å². The van der Waals surface area contributed by atoms with Gasteiger partial charge < -0.3 is 10.1 Å². The van der Waals surface area contributed by atoms with Gasteiger partial charge in [0.25, 0.3) is 0 Å². The van der Waals surface area contributed by atoms with Gasteiger partial charge in [-0.05, 0) is 49.6 Å². The van der Waals surface area contributed by atoms with E-state index in [4.69, 9.17) is 4.74 Å². The molecule has 0 spiro atoms. The average Bonchev–Trinajstić information content (AvgIpc) is 2.45. The van der Waals surface area contributed by atoms with Crippen molar-refractivity contribution in [2.75, 3.05) is 6.61 Å². The number of nitrogens with one attached hydrogen (secondary N) is 1. The van der Waals surface area contributed by atoms with Gasteiger partial charge in [-0.3, -0.25) is 9.59 Å². The van der Waals surface area contributed by atoms with Crippen LogP contribution in [0.2, 0.25) is 0 Å². The number of amides is 1. The third kappa shape index (κ3) is 3.34. The van der Waals surface area contributed by atoms with Gasteiger partial charge in [-0.15, -0.1) is 0 Å². The molecule has 0 fully saturated rings. The molecule has 2 rings (SSSR count). The van der Waals surface area contributed by atoms with Crippen molar-refractivity contribution in [1.29, 1.82) is 0 Å². The van der Waals surface area contributed by atoms with Crippen molar-refractivity contribution in [1.82, 2.24) is 5.32 Å². The number of allylic oxidation sites excluding steroid dienone is 2. The van der Waals surface area contributed by atoms with E-state index in [1.54, 1.807) is 13.8 Å². The lowest BCUT2D eigenvalue weighted by Crippen LogP contribution is -2.54. The molecule has 116 valence electrons. The van der Waals surface area contributed by atoms with Crippen molar-refractivity contribution in [3.8, 4) is 0 Å². The number of rotatable bonds is 5. The maximum absolute atomic E-state index is 12.4. The van der Waals surface area contributed by atoms with Crippen molar-refractivity contribution in [3.63, 3.8) is 0 Å². The van der Waals surface area contributed by atoms with Crippen molar-refractivity contribution in [2.24, 2.45) is 0 Å². The molecule has 1 aromatic rings. The first kappa shape index (κ1) is 16.2. The third-order valence-corrected chi connectivity index (χ3v) is 3.71. The van der Waals surface area contributed by atoms with E-state index in [2.05, 4.69) is 5.32 Å². The molecule has 0 unspecified atom stereocenters. The molecule has 22 heavy (non-hydrogen) atoms. The molecule has 0 radical (unpaired) electrons. The zero-order valence-electron chi connectivity index (χ0n) is 13.2. The smallest absolute Gasteiger partial charge is 0.227 e. The summed E-state index contributed by atoms with van der Waals surface area (Å²) in [6, 6.07) is 9.52. The number of carbonyl (C=O) groups excluding carboxylic acids is 2. The number of benzene rings is 1. The van der Waals surface area contributed by atoms with E-state index >= 15 is 0 Å². The Balaban J connectivity index is 2.22. The Labute approximate surface area is 130 Å². The van der Waals surface area contributed by atoms with E-state index in [9.17, 15) is 9.59 Å². The van der Waals surface area contributed by atoms with E-state index in [0.29, 0.717) is 17.8 Å². The van der Waals surface area contributed by atoms with Crippen LogP contribution in [0, 0.1) is 0 Å². The van der Waals surface area contributed by atoms with Crippen LogP contribution < -0.4 is 5.32 Å². The monoisotopic (exact) mass is 299 g/mol. The molecule has 4 nitrogen and oxygen atoms in total. The van der Waals surface area contributed by atoms with Crippen LogP contribution in [0.3, 0.4) is 0 Å². The molecule has 0 aliphatic heterocycles. The predicted molar refractivity (Wildman–Crippen MR) is 85.2 cm³/mol. The molecule has 1 aliphatic carbocycles. The SMILES string of the molecule is CCOC1(NC(=O)Cc2ccccc2)C(C)=CC(=O)C=C1C. The number of ketones is 1. The molecule has 0 saturated carbocycles. The lowest BCUT2D eigenvalue weighted by molar-refractivity contribution is -0.128. The molecule has 1 aliphatic rings. The Kier molecular flexibility index (Phi) is 4.93. The van der Waals surface area contributed by atoms with E-state index in [1.165, 1.54) is 12.2 Å². The second-order valence-corrected chi connectivity index (χ2v) is 5.38. The Bertz CT molecular complexity index is 607. The first-order valence-corrected chi connectivity index (χ1v) is 7.38. The second-order valence-electron chi connectivity index (χ2n) is 5.38. The molecule has 0 aromatic heterocycles. The minimum absolute atomic E-state index is 0.0809. The highest BCUT2D eigenvalue weighted by atomic mass is 16.5. The van der Waals surface area contributed by atoms with Gasteiger partial charge in [-0.2, -0.15) is 0 Å². The molecule has 1 aromatic carbocycles. The van der Waals surface area contributed by atoms with Gasteiger partial charge in [0.1, 0.15) is 0 Å². The van der Waals surface area contributed by atoms with Crippen LogP contribution in [0.5, 0.6) is 0 Å². The fourth-order valence-corrected chi connectivity index (χ4v) is 2.68. The van der Waals surface area contributed by atoms with Gasteiger partial charge in [-0.25, -0.2) is 0 Å². The van der Waals surface area contributed by atoms with Crippen molar-refractivity contribution < 1.29 is 14.3 Å². The van der Waals surface area contributed by atoms with Crippen LogP contribution in [0.25, 0.3) is 0 Å². The van der Waals surface area contributed by atoms with Gasteiger partial charge in [-0.1, -0.05) is 30.3 Å². The highest BCUT2D eigenvalue weighted by molar-refractivity contribution is 6.02. The summed E-state index contributed by atoms with van der Waals surface area (Å²) in [5, 5.41) is 2.95. The minimum atomic E-state index is -1.02. The van der Waals surface area contributed by atoms with Gasteiger partial charge in [0.05, 0.1) is 6.42 Å². The second kappa shape index (κ2) is 6.71.